The molecule has 0 unspecified atom stereocenters. The van der Waals surface area contributed by atoms with Crippen molar-refractivity contribution in [2.75, 3.05) is 5.32 Å². The number of pyridine rings is 1. The molecule has 2 heterocycles. The first-order valence-corrected chi connectivity index (χ1v) is 7.71. The zero-order chi connectivity index (χ0) is 16.0. The minimum atomic E-state index is -0.505. The van der Waals surface area contributed by atoms with Gasteiger partial charge in [-0.25, -0.2) is 9.37 Å². The van der Waals surface area contributed by atoms with Crippen LogP contribution in [0.5, 0.6) is 0 Å². The van der Waals surface area contributed by atoms with E-state index in [9.17, 15) is 14.0 Å². The molecule has 0 atom stereocenters. The van der Waals surface area contributed by atoms with Gasteiger partial charge in [-0.1, -0.05) is 11.3 Å². The van der Waals surface area contributed by atoms with E-state index in [-0.39, 0.29) is 16.8 Å². The van der Waals surface area contributed by atoms with E-state index < -0.39 is 5.91 Å². The molecule has 23 heavy (non-hydrogen) atoms. The number of rotatable bonds is 2. The van der Waals surface area contributed by atoms with Gasteiger partial charge in [0, 0.05) is 18.5 Å². The Morgan fingerprint density at radius 3 is 3.09 bits per heavy atom. The first-order chi connectivity index (χ1) is 11.1. The summed E-state index contributed by atoms with van der Waals surface area (Å²) in [6, 6.07) is 1.29. The van der Waals surface area contributed by atoms with Crippen molar-refractivity contribution in [1.29, 1.82) is 0 Å². The van der Waals surface area contributed by atoms with Crippen molar-refractivity contribution >= 4 is 34.0 Å². The number of allylic oxidation sites excluding steroid dienone is 4. The number of anilines is 1. The minimum Gasteiger partial charge on any atom is -0.367 e. The van der Waals surface area contributed by atoms with Gasteiger partial charge in [0.25, 0.3) is 5.91 Å². The zero-order valence-electron chi connectivity index (χ0n) is 11.7. The van der Waals surface area contributed by atoms with Gasteiger partial charge in [0.15, 0.2) is 10.6 Å². The molecule has 2 aromatic heterocycles. The highest BCUT2D eigenvalue weighted by molar-refractivity contribution is 7.13. The van der Waals surface area contributed by atoms with E-state index in [1.807, 2.05) is 6.08 Å². The number of aromatic nitrogens is 2. The summed E-state index contributed by atoms with van der Waals surface area (Å²) in [4.78, 5) is 30.9. The van der Waals surface area contributed by atoms with Crippen molar-refractivity contribution in [1.82, 2.24) is 9.97 Å². The second kappa shape index (κ2) is 5.13. The van der Waals surface area contributed by atoms with Gasteiger partial charge in [-0.2, -0.15) is 0 Å². The summed E-state index contributed by atoms with van der Waals surface area (Å²) in [5.74, 6) is -0.749. The lowest BCUT2D eigenvalue weighted by Crippen LogP contribution is -2.22. The van der Waals surface area contributed by atoms with Crippen LogP contribution in [0.1, 0.15) is 16.8 Å². The molecule has 0 spiro atoms. The van der Waals surface area contributed by atoms with Crippen molar-refractivity contribution < 1.29 is 9.18 Å². The second-order valence-corrected chi connectivity index (χ2v) is 6.15. The molecule has 1 amide bonds. The Morgan fingerprint density at radius 2 is 2.26 bits per heavy atom. The third-order valence-corrected chi connectivity index (χ3v) is 4.58. The molecule has 0 aliphatic heterocycles. The Morgan fingerprint density at radius 1 is 1.39 bits per heavy atom. The zero-order valence-corrected chi connectivity index (χ0v) is 12.5. The maximum atomic E-state index is 13.3. The molecule has 5 nitrogen and oxygen atoms in total. The highest BCUT2D eigenvalue weighted by Gasteiger charge is 2.19. The molecule has 0 saturated heterocycles. The summed E-state index contributed by atoms with van der Waals surface area (Å²) in [6.45, 7) is 0. The number of nitrogens with one attached hydrogen (secondary N) is 2. The molecule has 4 rings (SSSR count). The molecule has 2 aliphatic carbocycles. The van der Waals surface area contributed by atoms with Crippen LogP contribution in [0.15, 0.2) is 46.8 Å². The molecule has 0 aromatic carbocycles. The monoisotopic (exact) mass is 327 g/mol. The van der Waals surface area contributed by atoms with Gasteiger partial charge in [-0.3, -0.25) is 14.9 Å². The third kappa shape index (κ3) is 2.35. The maximum Gasteiger partial charge on any atom is 0.262 e. The van der Waals surface area contributed by atoms with Crippen LogP contribution in [0.3, 0.4) is 0 Å². The first-order valence-electron chi connectivity index (χ1n) is 6.90. The van der Waals surface area contributed by atoms with Crippen LogP contribution in [0.2, 0.25) is 0 Å². The average Bonchev–Trinajstić information content (AvgIpc) is 3.03. The molecule has 7 heteroatoms. The van der Waals surface area contributed by atoms with E-state index in [4.69, 9.17) is 0 Å². The lowest BCUT2D eigenvalue weighted by Gasteiger charge is -2.06. The van der Waals surface area contributed by atoms with Gasteiger partial charge in [0.2, 0.25) is 0 Å². The largest absolute Gasteiger partial charge is 0.367 e. The number of nitrogens with zero attached hydrogens (tertiary/aromatic N) is 1. The fourth-order valence-electron chi connectivity index (χ4n) is 2.57. The highest BCUT2D eigenvalue weighted by Crippen LogP contribution is 2.27. The second-order valence-electron chi connectivity index (χ2n) is 5.12. The number of halogens is 1. The van der Waals surface area contributed by atoms with E-state index in [0.717, 1.165) is 21.0 Å². The lowest BCUT2D eigenvalue weighted by atomic mass is 10.0. The third-order valence-electron chi connectivity index (χ3n) is 3.66. The van der Waals surface area contributed by atoms with E-state index in [0.29, 0.717) is 11.6 Å². The number of H-pyrrole nitrogens is 1. The number of fused-ring (bicyclic) bond motifs is 2. The van der Waals surface area contributed by atoms with Crippen LogP contribution >= 0.6 is 11.3 Å². The number of carbonyl (C=O) groups is 1. The number of hydrogen-bond donors (Lipinski definition) is 2. The molecular formula is C16H10FN3O2S. The van der Waals surface area contributed by atoms with E-state index in [1.165, 1.54) is 41.9 Å². The van der Waals surface area contributed by atoms with Crippen molar-refractivity contribution in [2.45, 2.75) is 6.42 Å². The summed E-state index contributed by atoms with van der Waals surface area (Å²) in [6.07, 6.45) is 8.15. The van der Waals surface area contributed by atoms with Gasteiger partial charge < -0.3 is 4.98 Å². The summed E-state index contributed by atoms with van der Waals surface area (Å²) >= 11 is 1.30. The standard InChI is InChI=1S/C16H10FN3O2S/c17-9-1-2-10-8(5-9)6-13-14(10)19-16(23-13)20-15(22)11-7-18-4-3-12(11)21/h1,3-7H,2H2,(H,18,21)(H,19,20,22). The predicted octanol–water partition coefficient (Wildman–Crippen LogP) is 1.21. The van der Waals surface area contributed by atoms with Gasteiger partial charge in [-0.15, -0.1) is 0 Å². The minimum absolute atomic E-state index is 0.0303. The quantitative estimate of drug-likeness (QED) is 0.871. The average molecular weight is 327 g/mol. The molecular weight excluding hydrogens is 317 g/mol. The summed E-state index contributed by atoms with van der Waals surface area (Å²) in [5, 5.41) is 3.82. The predicted molar refractivity (Wildman–Crippen MR) is 86.1 cm³/mol. The van der Waals surface area contributed by atoms with E-state index in [1.54, 1.807) is 0 Å². The first kappa shape index (κ1) is 13.8. The molecule has 2 N–H and O–H groups in total. The Bertz CT molecular complexity index is 1080. The summed E-state index contributed by atoms with van der Waals surface area (Å²) in [7, 11) is 0. The Hall–Kier alpha value is -2.80. The highest BCUT2D eigenvalue weighted by atomic mass is 32.1. The maximum absolute atomic E-state index is 13.3. The molecule has 0 fully saturated rings. The molecule has 0 saturated carbocycles. The lowest BCUT2D eigenvalue weighted by molar-refractivity contribution is 0.102. The number of carbonyl (C=O) groups excluding carboxylic acids is 1. The normalized spacial score (nSPS) is 15.3. The smallest absolute Gasteiger partial charge is 0.262 e. The van der Waals surface area contributed by atoms with Gasteiger partial charge in [-0.05, 0) is 35.8 Å². The number of hydrogen-bond acceptors (Lipinski definition) is 4. The molecule has 0 bridgehead atoms. The number of amides is 1. The van der Waals surface area contributed by atoms with Crippen LogP contribution in [0.25, 0.3) is 11.6 Å². The summed E-state index contributed by atoms with van der Waals surface area (Å²) < 4.78 is 14.2. The van der Waals surface area contributed by atoms with Crippen molar-refractivity contribution in [3.05, 3.63) is 67.7 Å². The fraction of sp³-hybridized carbons (Fsp3) is 0.0625. The van der Waals surface area contributed by atoms with E-state index in [2.05, 4.69) is 15.3 Å². The van der Waals surface area contributed by atoms with Crippen molar-refractivity contribution in [3.63, 3.8) is 0 Å². The Balaban J connectivity index is 1.67. The Kier molecular flexibility index (Phi) is 3.09. The van der Waals surface area contributed by atoms with Crippen LogP contribution in [0, 0.1) is 0 Å². The van der Waals surface area contributed by atoms with Gasteiger partial charge in [0.1, 0.15) is 11.4 Å². The van der Waals surface area contributed by atoms with Crippen molar-refractivity contribution in [3.8, 4) is 0 Å². The Labute approximate surface area is 133 Å². The van der Waals surface area contributed by atoms with Crippen LogP contribution < -0.4 is 20.6 Å². The van der Waals surface area contributed by atoms with E-state index >= 15 is 0 Å². The topological polar surface area (TPSA) is 74.8 Å². The van der Waals surface area contributed by atoms with Gasteiger partial charge >= 0.3 is 0 Å². The number of thiazole rings is 1. The fourth-order valence-corrected chi connectivity index (χ4v) is 3.51. The molecule has 2 aromatic rings. The molecule has 114 valence electrons. The van der Waals surface area contributed by atoms with Gasteiger partial charge in [0.05, 0.1) is 9.88 Å². The molecule has 2 aliphatic rings. The van der Waals surface area contributed by atoms with Crippen LogP contribution in [0.4, 0.5) is 9.52 Å². The summed E-state index contributed by atoms with van der Waals surface area (Å²) in [5.41, 5.74) is 1.46. The SMILES string of the molecule is O=C(Nc1nc2c(s1)=CC1=CC(F)=CCC=21)c1c[nH]ccc1=O. The van der Waals surface area contributed by atoms with Crippen LogP contribution in [-0.2, 0) is 0 Å². The molecule has 0 radical (unpaired) electrons. The number of aromatic amines is 1. The van der Waals surface area contributed by atoms with Crippen molar-refractivity contribution in [2.24, 2.45) is 0 Å². The van der Waals surface area contributed by atoms with Crippen LogP contribution in [-0.4, -0.2) is 15.9 Å².